The van der Waals surface area contributed by atoms with E-state index in [2.05, 4.69) is 26.1 Å². The highest BCUT2D eigenvalue weighted by Gasteiger charge is 2.33. The number of carbonyl (C=O) groups is 2. The van der Waals surface area contributed by atoms with Crippen molar-refractivity contribution in [2.75, 3.05) is 11.9 Å². The van der Waals surface area contributed by atoms with E-state index in [9.17, 15) is 9.59 Å². The number of anilines is 1. The van der Waals surface area contributed by atoms with Crippen molar-refractivity contribution in [3.63, 3.8) is 0 Å². The van der Waals surface area contributed by atoms with E-state index < -0.39 is 5.97 Å². The lowest BCUT2D eigenvalue weighted by molar-refractivity contribution is -0.119. The third-order valence-corrected chi connectivity index (χ3v) is 6.53. The van der Waals surface area contributed by atoms with Crippen LogP contribution in [-0.4, -0.2) is 23.5 Å². The summed E-state index contributed by atoms with van der Waals surface area (Å²) in [5, 5.41) is 3.61. The highest BCUT2D eigenvalue weighted by atomic mass is 16.5. The molecule has 33 heavy (non-hydrogen) atoms. The van der Waals surface area contributed by atoms with Gasteiger partial charge in [-0.1, -0.05) is 45.0 Å². The molecule has 0 saturated heterocycles. The van der Waals surface area contributed by atoms with Crippen LogP contribution in [-0.2, 0) is 22.4 Å². The van der Waals surface area contributed by atoms with E-state index in [0.717, 1.165) is 52.5 Å². The van der Waals surface area contributed by atoms with Crippen molar-refractivity contribution in [2.24, 2.45) is 11.3 Å². The van der Waals surface area contributed by atoms with Gasteiger partial charge in [0.25, 0.3) is 5.91 Å². The molecule has 2 aromatic carbocycles. The molecule has 0 bridgehead atoms. The fourth-order valence-electron chi connectivity index (χ4n) is 4.81. The average Bonchev–Trinajstić information content (AvgIpc) is 2.74. The summed E-state index contributed by atoms with van der Waals surface area (Å²) in [7, 11) is 0. The Balaban J connectivity index is 1.59. The molecule has 1 aliphatic carbocycles. The molecule has 0 fully saturated rings. The van der Waals surface area contributed by atoms with Crippen LogP contribution in [0.1, 0.15) is 59.9 Å². The number of para-hydroxylation sites is 1. The van der Waals surface area contributed by atoms with Crippen LogP contribution in [0.2, 0.25) is 0 Å². The number of hydrogen-bond donors (Lipinski definition) is 1. The van der Waals surface area contributed by atoms with E-state index in [0.29, 0.717) is 17.2 Å². The van der Waals surface area contributed by atoms with Crippen LogP contribution in [0, 0.1) is 25.2 Å². The fourth-order valence-corrected chi connectivity index (χ4v) is 4.81. The largest absolute Gasteiger partial charge is 0.452 e. The van der Waals surface area contributed by atoms with E-state index in [1.54, 1.807) is 0 Å². The first-order valence-electron chi connectivity index (χ1n) is 11.6. The second-order valence-corrected chi connectivity index (χ2v) is 10.2. The van der Waals surface area contributed by atoms with Crippen LogP contribution < -0.4 is 5.32 Å². The van der Waals surface area contributed by atoms with Crippen LogP contribution in [0.5, 0.6) is 0 Å². The third-order valence-electron chi connectivity index (χ3n) is 6.53. The molecule has 5 nitrogen and oxygen atoms in total. The zero-order valence-electron chi connectivity index (χ0n) is 20.1. The predicted molar refractivity (Wildman–Crippen MR) is 132 cm³/mol. The number of nitrogens with one attached hydrogen (secondary N) is 1. The highest BCUT2D eigenvalue weighted by Crippen LogP contribution is 2.39. The summed E-state index contributed by atoms with van der Waals surface area (Å²) < 4.78 is 5.54. The van der Waals surface area contributed by atoms with E-state index in [-0.39, 0.29) is 17.9 Å². The summed E-state index contributed by atoms with van der Waals surface area (Å²) in [6.07, 6.45) is 2.68. The number of carbonyl (C=O) groups excluding carboxylic acids is 2. The standard InChI is InChI=1S/C28H32N2O3/c1-17-12-18(2)14-20(13-17)29-25(31)16-33-27(32)26-21-8-6-7-9-23(21)30-24-11-10-19(15-22(24)26)28(3,4)5/h6-9,12-14,19H,10-11,15-16H2,1-5H3,(H,29,31). The lowest BCUT2D eigenvalue weighted by Crippen LogP contribution is -2.29. The molecule has 1 aliphatic rings. The van der Waals surface area contributed by atoms with E-state index in [1.165, 1.54) is 0 Å². The molecule has 1 atom stereocenters. The topological polar surface area (TPSA) is 68.3 Å². The average molecular weight is 445 g/mol. The van der Waals surface area contributed by atoms with Gasteiger partial charge < -0.3 is 10.1 Å². The second kappa shape index (κ2) is 8.97. The molecule has 1 heterocycles. The van der Waals surface area contributed by atoms with E-state index in [4.69, 9.17) is 9.72 Å². The SMILES string of the molecule is Cc1cc(C)cc(NC(=O)COC(=O)c2c3c(nc4ccccc24)CCC(C(C)(C)C)C3)c1. The van der Waals surface area contributed by atoms with Crippen molar-refractivity contribution < 1.29 is 14.3 Å². The predicted octanol–water partition coefficient (Wildman–Crippen LogP) is 5.80. The van der Waals surface area contributed by atoms with Crippen molar-refractivity contribution in [1.82, 2.24) is 4.98 Å². The smallest absolute Gasteiger partial charge is 0.339 e. The molecule has 172 valence electrons. The van der Waals surface area contributed by atoms with Gasteiger partial charge >= 0.3 is 5.97 Å². The van der Waals surface area contributed by atoms with Gasteiger partial charge in [-0.25, -0.2) is 4.79 Å². The molecule has 5 heteroatoms. The van der Waals surface area contributed by atoms with Gasteiger partial charge in [-0.2, -0.15) is 0 Å². The zero-order chi connectivity index (χ0) is 23.8. The zero-order valence-corrected chi connectivity index (χ0v) is 20.1. The Kier molecular flexibility index (Phi) is 6.24. The minimum Gasteiger partial charge on any atom is -0.452 e. The van der Waals surface area contributed by atoms with Gasteiger partial charge in [0, 0.05) is 16.8 Å². The van der Waals surface area contributed by atoms with Crippen molar-refractivity contribution in [3.8, 4) is 0 Å². The molecular weight excluding hydrogens is 412 g/mol. The lowest BCUT2D eigenvalue weighted by Gasteiger charge is -2.35. The van der Waals surface area contributed by atoms with Gasteiger partial charge in [0.2, 0.25) is 0 Å². The first-order chi connectivity index (χ1) is 15.6. The molecule has 1 unspecified atom stereocenters. The van der Waals surface area contributed by atoms with E-state index in [1.807, 2.05) is 56.3 Å². The number of rotatable bonds is 4. The Hall–Kier alpha value is -3.21. The number of aryl methyl sites for hydroxylation is 3. The summed E-state index contributed by atoms with van der Waals surface area (Å²) in [6, 6.07) is 13.5. The van der Waals surface area contributed by atoms with Gasteiger partial charge in [-0.15, -0.1) is 0 Å². The Labute approximate surface area is 195 Å². The lowest BCUT2D eigenvalue weighted by atomic mass is 9.70. The first kappa shape index (κ1) is 23.0. The number of ether oxygens (including phenoxy) is 1. The second-order valence-electron chi connectivity index (χ2n) is 10.2. The Morgan fingerprint density at radius 2 is 1.79 bits per heavy atom. The minimum atomic E-state index is -0.463. The molecule has 1 aromatic heterocycles. The number of hydrogen-bond acceptors (Lipinski definition) is 4. The molecule has 0 spiro atoms. The minimum absolute atomic E-state index is 0.135. The monoisotopic (exact) mass is 444 g/mol. The summed E-state index contributed by atoms with van der Waals surface area (Å²) in [6.45, 7) is 10.3. The maximum Gasteiger partial charge on any atom is 0.339 e. The van der Waals surface area contributed by atoms with Crippen LogP contribution in [0.15, 0.2) is 42.5 Å². The van der Waals surface area contributed by atoms with Gasteiger partial charge in [0.15, 0.2) is 6.61 Å². The molecule has 1 N–H and O–H groups in total. The van der Waals surface area contributed by atoms with Gasteiger partial charge in [-0.05, 0) is 79.3 Å². The molecule has 0 saturated carbocycles. The summed E-state index contributed by atoms with van der Waals surface area (Å²) in [5.41, 5.74) is 6.25. The Morgan fingerprint density at radius 3 is 2.48 bits per heavy atom. The quantitative estimate of drug-likeness (QED) is 0.517. The van der Waals surface area contributed by atoms with Crippen LogP contribution in [0.3, 0.4) is 0 Å². The normalized spacial score (nSPS) is 15.7. The molecule has 3 aromatic rings. The van der Waals surface area contributed by atoms with Gasteiger partial charge in [0.05, 0.1) is 11.1 Å². The van der Waals surface area contributed by atoms with Gasteiger partial charge in [0.1, 0.15) is 0 Å². The van der Waals surface area contributed by atoms with Crippen molar-refractivity contribution in [2.45, 2.75) is 53.9 Å². The maximum absolute atomic E-state index is 13.3. The Bertz CT molecular complexity index is 1200. The third kappa shape index (κ3) is 5.08. The maximum atomic E-state index is 13.3. The number of amides is 1. The number of esters is 1. The molecule has 1 amide bonds. The van der Waals surface area contributed by atoms with Gasteiger partial charge in [-0.3, -0.25) is 9.78 Å². The number of fused-ring (bicyclic) bond motifs is 2. The molecular formula is C28H32N2O3. The highest BCUT2D eigenvalue weighted by molar-refractivity contribution is 6.06. The van der Waals surface area contributed by atoms with Crippen LogP contribution in [0.4, 0.5) is 5.69 Å². The number of nitrogens with zero attached hydrogens (tertiary/aromatic N) is 1. The first-order valence-corrected chi connectivity index (χ1v) is 11.6. The molecule has 0 radical (unpaired) electrons. The fraction of sp³-hybridized carbons (Fsp3) is 0.393. The number of pyridine rings is 1. The van der Waals surface area contributed by atoms with E-state index >= 15 is 0 Å². The summed E-state index contributed by atoms with van der Waals surface area (Å²) >= 11 is 0. The van der Waals surface area contributed by atoms with Crippen molar-refractivity contribution in [3.05, 3.63) is 70.4 Å². The summed E-state index contributed by atoms with van der Waals surface area (Å²) in [5.74, 6) is -0.365. The molecule has 0 aliphatic heterocycles. The van der Waals surface area contributed by atoms with Crippen molar-refractivity contribution in [1.29, 1.82) is 0 Å². The number of aromatic nitrogens is 1. The van der Waals surface area contributed by atoms with Crippen LogP contribution in [0.25, 0.3) is 10.9 Å². The summed E-state index contributed by atoms with van der Waals surface area (Å²) in [4.78, 5) is 30.7. The molecule has 4 rings (SSSR count). The number of benzene rings is 2. The Morgan fingerprint density at radius 1 is 1.09 bits per heavy atom. The van der Waals surface area contributed by atoms with Crippen LogP contribution >= 0.6 is 0 Å². The van der Waals surface area contributed by atoms with Crippen molar-refractivity contribution >= 4 is 28.5 Å².